The van der Waals surface area contributed by atoms with E-state index in [2.05, 4.69) is 5.32 Å². The lowest BCUT2D eigenvalue weighted by Gasteiger charge is -2.14. The van der Waals surface area contributed by atoms with Crippen molar-refractivity contribution in [2.75, 3.05) is 0 Å². The molecule has 0 bridgehead atoms. The number of rotatable bonds is 3. The van der Waals surface area contributed by atoms with Crippen LogP contribution in [0, 0.1) is 15.9 Å². The second-order valence-electron chi connectivity index (χ2n) is 5.18. The Morgan fingerprint density at radius 1 is 1.27 bits per heavy atom. The maximum Gasteiger partial charge on any atom is 0.282 e. The summed E-state index contributed by atoms with van der Waals surface area (Å²) in [6, 6.07) is 10.1. The fourth-order valence-corrected chi connectivity index (χ4v) is 2.80. The van der Waals surface area contributed by atoms with Crippen molar-refractivity contribution in [1.29, 1.82) is 0 Å². The molecule has 0 aliphatic heterocycles. The molecule has 1 aliphatic rings. The maximum atomic E-state index is 13.2. The lowest BCUT2D eigenvalue weighted by molar-refractivity contribution is -0.385. The van der Waals surface area contributed by atoms with Crippen LogP contribution in [0.15, 0.2) is 42.5 Å². The van der Waals surface area contributed by atoms with Crippen molar-refractivity contribution in [3.05, 3.63) is 75.1 Å². The number of nitrogens with one attached hydrogen (secondary N) is 1. The molecular formula is C16H13FN2O3. The molecule has 112 valence electrons. The number of hydrogen-bond acceptors (Lipinski definition) is 3. The lowest BCUT2D eigenvalue weighted by Crippen LogP contribution is -2.27. The first kappa shape index (κ1) is 14.2. The Balaban J connectivity index is 1.84. The summed E-state index contributed by atoms with van der Waals surface area (Å²) in [5.41, 5.74) is 1.54. The van der Waals surface area contributed by atoms with Crippen molar-refractivity contribution >= 4 is 11.6 Å². The Morgan fingerprint density at radius 2 is 2.05 bits per heavy atom. The normalized spacial score (nSPS) is 16.1. The quantitative estimate of drug-likeness (QED) is 0.699. The van der Waals surface area contributed by atoms with Gasteiger partial charge in [0.05, 0.1) is 11.0 Å². The molecule has 0 radical (unpaired) electrons. The number of halogens is 1. The minimum Gasteiger partial charge on any atom is -0.345 e. The molecule has 22 heavy (non-hydrogen) atoms. The van der Waals surface area contributed by atoms with Gasteiger partial charge < -0.3 is 5.32 Å². The molecule has 1 aliphatic carbocycles. The first-order valence-corrected chi connectivity index (χ1v) is 6.89. The van der Waals surface area contributed by atoms with Gasteiger partial charge in [-0.3, -0.25) is 14.9 Å². The van der Waals surface area contributed by atoms with Crippen LogP contribution in [0.3, 0.4) is 0 Å². The van der Waals surface area contributed by atoms with Crippen molar-refractivity contribution in [3.63, 3.8) is 0 Å². The molecule has 0 spiro atoms. The summed E-state index contributed by atoms with van der Waals surface area (Å²) in [6.07, 6.45) is 1.33. The molecule has 0 unspecified atom stereocenters. The standard InChI is InChI=1S/C16H13FN2O3/c17-11-6-7-12-10(9-11)5-8-14(12)18-16(20)13-3-1-2-4-15(13)19(21)22/h1-4,6-7,9,14H,5,8H2,(H,18,20)/t14-/m1/s1. The molecule has 2 aromatic rings. The fraction of sp³-hybridized carbons (Fsp3) is 0.188. The number of nitrogens with zero attached hydrogens (tertiary/aromatic N) is 1. The van der Waals surface area contributed by atoms with Crippen molar-refractivity contribution in [3.8, 4) is 0 Å². The Labute approximate surface area is 125 Å². The van der Waals surface area contributed by atoms with Crippen LogP contribution < -0.4 is 5.32 Å². The largest absolute Gasteiger partial charge is 0.345 e. The predicted molar refractivity (Wildman–Crippen MR) is 78.0 cm³/mol. The number of aryl methyl sites for hydroxylation is 1. The van der Waals surface area contributed by atoms with Gasteiger partial charge in [0.25, 0.3) is 11.6 Å². The van der Waals surface area contributed by atoms with Crippen LogP contribution in [-0.4, -0.2) is 10.8 Å². The lowest BCUT2D eigenvalue weighted by atomic mass is 10.1. The SMILES string of the molecule is O=C(N[C@@H]1CCc2cc(F)ccc21)c1ccccc1[N+](=O)[O-]. The van der Waals surface area contributed by atoms with E-state index in [1.54, 1.807) is 12.1 Å². The van der Waals surface area contributed by atoms with Gasteiger partial charge in [-0.2, -0.15) is 0 Å². The second kappa shape index (κ2) is 5.55. The van der Waals surface area contributed by atoms with Crippen LogP contribution in [0.4, 0.5) is 10.1 Å². The van der Waals surface area contributed by atoms with Crippen molar-refractivity contribution in [1.82, 2.24) is 5.32 Å². The third kappa shape index (κ3) is 2.55. The molecule has 0 saturated heterocycles. The van der Waals surface area contributed by atoms with E-state index in [-0.39, 0.29) is 23.1 Å². The van der Waals surface area contributed by atoms with Crippen LogP contribution in [-0.2, 0) is 6.42 Å². The third-order valence-electron chi connectivity index (χ3n) is 3.83. The van der Waals surface area contributed by atoms with E-state index in [9.17, 15) is 19.3 Å². The summed E-state index contributed by atoms with van der Waals surface area (Å²) >= 11 is 0. The highest BCUT2D eigenvalue weighted by atomic mass is 19.1. The predicted octanol–water partition coefficient (Wildman–Crippen LogP) is 3.15. The number of nitro benzene ring substituents is 1. The zero-order valence-electron chi connectivity index (χ0n) is 11.6. The van der Waals surface area contributed by atoms with Gasteiger partial charge in [0, 0.05) is 6.07 Å². The monoisotopic (exact) mass is 300 g/mol. The van der Waals surface area contributed by atoms with Crippen molar-refractivity contribution in [2.24, 2.45) is 0 Å². The highest BCUT2D eigenvalue weighted by molar-refractivity contribution is 5.98. The Kier molecular flexibility index (Phi) is 3.58. The molecular weight excluding hydrogens is 287 g/mol. The fourth-order valence-electron chi connectivity index (χ4n) is 2.80. The van der Waals surface area contributed by atoms with E-state index in [1.165, 1.54) is 30.3 Å². The number of hydrogen-bond donors (Lipinski definition) is 1. The summed E-state index contributed by atoms with van der Waals surface area (Å²) in [5.74, 6) is -0.793. The molecule has 0 saturated carbocycles. The molecule has 6 heteroatoms. The first-order valence-electron chi connectivity index (χ1n) is 6.89. The number of amides is 1. The summed E-state index contributed by atoms with van der Waals surface area (Å²) in [5, 5.41) is 13.8. The molecule has 1 atom stereocenters. The number of fused-ring (bicyclic) bond motifs is 1. The van der Waals surface area contributed by atoms with Crippen LogP contribution >= 0.6 is 0 Å². The summed E-state index contributed by atoms with van der Waals surface area (Å²) in [6.45, 7) is 0. The number of nitro groups is 1. The minimum atomic E-state index is -0.577. The van der Waals surface area contributed by atoms with E-state index in [1.807, 2.05) is 0 Å². The molecule has 0 aromatic heterocycles. The van der Waals surface area contributed by atoms with Crippen LogP contribution in [0.2, 0.25) is 0 Å². The van der Waals surface area contributed by atoms with Gasteiger partial charge in [0.1, 0.15) is 11.4 Å². The van der Waals surface area contributed by atoms with Crippen molar-refractivity contribution < 1.29 is 14.1 Å². The summed E-state index contributed by atoms with van der Waals surface area (Å²) in [7, 11) is 0. The van der Waals surface area contributed by atoms with Gasteiger partial charge >= 0.3 is 0 Å². The summed E-state index contributed by atoms with van der Waals surface area (Å²) < 4.78 is 13.2. The Bertz CT molecular complexity index is 761. The van der Waals surface area contributed by atoms with E-state index in [0.29, 0.717) is 12.8 Å². The minimum absolute atomic E-state index is 0.0306. The van der Waals surface area contributed by atoms with E-state index in [4.69, 9.17) is 0 Å². The number of para-hydroxylation sites is 1. The first-order chi connectivity index (χ1) is 10.6. The molecule has 5 nitrogen and oxygen atoms in total. The molecule has 1 amide bonds. The average Bonchev–Trinajstić information content (AvgIpc) is 2.89. The third-order valence-corrected chi connectivity index (χ3v) is 3.83. The van der Waals surface area contributed by atoms with Gasteiger partial charge in [-0.1, -0.05) is 18.2 Å². The highest BCUT2D eigenvalue weighted by Crippen LogP contribution is 2.32. The zero-order valence-corrected chi connectivity index (χ0v) is 11.6. The van der Waals surface area contributed by atoms with Crippen LogP contribution in [0.25, 0.3) is 0 Å². The van der Waals surface area contributed by atoms with Crippen molar-refractivity contribution in [2.45, 2.75) is 18.9 Å². The van der Waals surface area contributed by atoms with Gasteiger partial charge in [-0.05, 0) is 42.2 Å². The maximum absolute atomic E-state index is 13.2. The molecule has 0 heterocycles. The number of carbonyl (C=O) groups is 1. The van der Waals surface area contributed by atoms with E-state index < -0.39 is 10.8 Å². The van der Waals surface area contributed by atoms with Gasteiger partial charge in [0.15, 0.2) is 0 Å². The number of benzene rings is 2. The Morgan fingerprint density at radius 3 is 2.82 bits per heavy atom. The molecule has 1 N–H and O–H groups in total. The topological polar surface area (TPSA) is 72.2 Å². The highest BCUT2D eigenvalue weighted by Gasteiger charge is 2.27. The van der Waals surface area contributed by atoms with Gasteiger partial charge in [0.2, 0.25) is 0 Å². The molecule has 0 fully saturated rings. The van der Waals surface area contributed by atoms with E-state index >= 15 is 0 Å². The second-order valence-corrected chi connectivity index (χ2v) is 5.18. The average molecular weight is 300 g/mol. The van der Waals surface area contributed by atoms with Crippen LogP contribution in [0.5, 0.6) is 0 Å². The van der Waals surface area contributed by atoms with Gasteiger partial charge in [-0.25, -0.2) is 4.39 Å². The zero-order chi connectivity index (χ0) is 15.7. The van der Waals surface area contributed by atoms with E-state index in [0.717, 1.165) is 11.1 Å². The molecule has 2 aromatic carbocycles. The van der Waals surface area contributed by atoms with Gasteiger partial charge in [-0.15, -0.1) is 0 Å². The number of carbonyl (C=O) groups excluding carboxylic acids is 1. The van der Waals surface area contributed by atoms with Crippen LogP contribution in [0.1, 0.15) is 33.9 Å². The summed E-state index contributed by atoms with van der Waals surface area (Å²) in [4.78, 5) is 22.7. The smallest absolute Gasteiger partial charge is 0.282 e. The Hall–Kier alpha value is -2.76. The molecule has 3 rings (SSSR count).